The Hall–Kier alpha value is -2.21. The number of halogens is 2. The molecule has 0 saturated carbocycles. The van der Waals surface area contributed by atoms with E-state index in [1.165, 1.54) is 12.1 Å². The molecule has 1 atom stereocenters. The maximum absolute atomic E-state index is 13.8. The molecular weight excluding hydrogens is 324 g/mol. The molecule has 1 unspecified atom stereocenters. The Morgan fingerprint density at radius 2 is 1.84 bits per heavy atom. The number of rotatable bonds is 2. The van der Waals surface area contributed by atoms with Gasteiger partial charge in [-0.25, -0.2) is 13.8 Å². The Kier molecular flexibility index (Phi) is 4.07. The molecule has 2 aliphatic heterocycles. The maximum atomic E-state index is 13.8. The summed E-state index contributed by atoms with van der Waals surface area (Å²) in [5, 5.41) is 2.32. The topological polar surface area (TPSA) is 28.6 Å². The van der Waals surface area contributed by atoms with E-state index in [1.807, 2.05) is 0 Å². The molecule has 25 heavy (non-hydrogen) atoms. The fourth-order valence-electron chi connectivity index (χ4n) is 3.43. The number of piperazine rings is 1. The molecule has 2 aromatic rings. The van der Waals surface area contributed by atoms with Crippen LogP contribution in [0.2, 0.25) is 0 Å². The highest BCUT2D eigenvalue weighted by molar-refractivity contribution is 5.83. The van der Waals surface area contributed by atoms with Crippen molar-refractivity contribution < 1.29 is 13.5 Å². The highest BCUT2D eigenvalue weighted by Crippen LogP contribution is 2.18. The van der Waals surface area contributed by atoms with Crippen molar-refractivity contribution in [2.75, 3.05) is 38.1 Å². The van der Waals surface area contributed by atoms with Crippen molar-refractivity contribution >= 4 is 29.1 Å². The van der Waals surface area contributed by atoms with Crippen LogP contribution in [0, 0.1) is 11.6 Å². The van der Waals surface area contributed by atoms with Crippen LogP contribution in [0.4, 0.5) is 14.6 Å². The van der Waals surface area contributed by atoms with Crippen LogP contribution in [0.1, 0.15) is 13.3 Å². The van der Waals surface area contributed by atoms with E-state index in [0.717, 1.165) is 48.9 Å². The summed E-state index contributed by atoms with van der Waals surface area (Å²) < 4.78 is 33.3. The standard InChI is InChI=1S/C19H21F2N3O/c1-3-12-8-14-15(11-25-12)13-9-16(20)17(21)10-18(13)22-19(14)24-6-4-23(2)5-7-24/h8-12H,3-7H2,1-2H3. The predicted molar refractivity (Wildman–Crippen MR) is 94.7 cm³/mol. The van der Waals surface area contributed by atoms with E-state index in [0.29, 0.717) is 10.9 Å². The summed E-state index contributed by atoms with van der Waals surface area (Å²) in [6, 6.07) is 2.38. The van der Waals surface area contributed by atoms with Gasteiger partial charge in [-0.05, 0) is 25.6 Å². The fraction of sp³-hybridized carbons (Fsp3) is 0.421. The number of fused-ring (bicyclic) bond motifs is 3. The summed E-state index contributed by atoms with van der Waals surface area (Å²) in [5.74, 6) is -0.911. The molecule has 4 rings (SSSR count). The summed E-state index contributed by atoms with van der Waals surface area (Å²) in [4.78, 5) is 9.20. The summed E-state index contributed by atoms with van der Waals surface area (Å²) in [5.41, 5.74) is 0.453. The molecule has 1 saturated heterocycles. The van der Waals surface area contributed by atoms with Gasteiger partial charge in [0.1, 0.15) is 11.9 Å². The first-order chi connectivity index (χ1) is 12.1. The van der Waals surface area contributed by atoms with Crippen LogP contribution >= 0.6 is 0 Å². The van der Waals surface area contributed by atoms with Gasteiger partial charge in [0, 0.05) is 48.1 Å². The number of pyridine rings is 1. The molecule has 1 aromatic carbocycles. The van der Waals surface area contributed by atoms with Gasteiger partial charge in [0.2, 0.25) is 0 Å². The van der Waals surface area contributed by atoms with Gasteiger partial charge in [0.05, 0.1) is 11.8 Å². The number of benzene rings is 1. The van der Waals surface area contributed by atoms with Crippen molar-refractivity contribution in [2.24, 2.45) is 0 Å². The van der Waals surface area contributed by atoms with Crippen LogP contribution in [-0.4, -0.2) is 49.2 Å². The van der Waals surface area contributed by atoms with Gasteiger partial charge in [-0.15, -0.1) is 0 Å². The number of hydrogen-bond acceptors (Lipinski definition) is 4. The van der Waals surface area contributed by atoms with Crippen LogP contribution < -0.4 is 15.3 Å². The second kappa shape index (κ2) is 6.26. The SMILES string of the molecule is CCC1C=c2c(N3CCN(C)CC3)nc3cc(F)c(F)cc3c2=CO1. The first-order valence-corrected chi connectivity index (χ1v) is 8.66. The van der Waals surface area contributed by atoms with Gasteiger partial charge in [0.15, 0.2) is 11.6 Å². The molecule has 0 aliphatic carbocycles. The minimum Gasteiger partial charge on any atom is -0.493 e. The number of hydrogen-bond donors (Lipinski definition) is 0. The molecule has 132 valence electrons. The van der Waals surface area contributed by atoms with Crippen molar-refractivity contribution in [3.8, 4) is 0 Å². The average molecular weight is 345 g/mol. The molecule has 0 amide bonds. The van der Waals surface area contributed by atoms with E-state index in [9.17, 15) is 8.78 Å². The first kappa shape index (κ1) is 16.3. The van der Waals surface area contributed by atoms with Gasteiger partial charge in [-0.1, -0.05) is 6.92 Å². The number of aromatic nitrogens is 1. The molecule has 0 bridgehead atoms. The lowest BCUT2D eigenvalue weighted by Gasteiger charge is -2.34. The molecule has 1 aromatic heterocycles. The number of anilines is 1. The smallest absolute Gasteiger partial charge is 0.161 e. The number of likely N-dealkylation sites (N-methyl/N-ethyl adjacent to an activating group) is 1. The lowest BCUT2D eigenvalue weighted by Crippen LogP contribution is -2.48. The molecule has 0 N–H and O–H groups in total. The normalized spacial score (nSPS) is 20.6. The second-order valence-electron chi connectivity index (χ2n) is 6.70. The average Bonchev–Trinajstić information content (AvgIpc) is 2.62. The summed E-state index contributed by atoms with van der Waals surface area (Å²) in [6.07, 6.45) is 4.54. The van der Waals surface area contributed by atoms with E-state index >= 15 is 0 Å². The molecule has 4 nitrogen and oxygen atoms in total. The highest BCUT2D eigenvalue weighted by Gasteiger charge is 2.21. The monoisotopic (exact) mass is 345 g/mol. The quantitative estimate of drug-likeness (QED) is 0.827. The van der Waals surface area contributed by atoms with Gasteiger partial charge in [0.25, 0.3) is 0 Å². The van der Waals surface area contributed by atoms with E-state index < -0.39 is 11.6 Å². The molecular formula is C19H21F2N3O. The largest absolute Gasteiger partial charge is 0.493 e. The van der Waals surface area contributed by atoms with Gasteiger partial charge < -0.3 is 14.5 Å². The fourth-order valence-corrected chi connectivity index (χ4v) is 3.43. The maximum Gasteiger partial charge on any atom is 0.161 e. The number of ether oxygens (including phenoxy) is 1. The molecule has 0 radical (unpaired) electrons. The summed E-state index contributed by atoms with van der Waals surface area (Å²) in [6.45, 7) is 5.67. The Morgan fingerprint density at radius 3 is 2.56 bits per heavy atom. The minimum atomic E-state index is -0.878. The Morgan fingerprint density at radius 1 is 1.12 bits per heavy atom. The predicted octanol–water partition coefficient (Wildman–Crippen LogP) is 1.59. The first-order valence-electron chi connectivity index (χ1n) is 8.66. The van der Waals surface area contributed by atoms with Crippen molar-refractivity contribution in [3.05, 3.63) is 34.2 Å². The lowest BCUT2D eigenvalue weighted by molar-refractivity contribution is 0.232. The van der Waals surface area contributed by atoms with Gasteiger partial charge in [-0.2, -0.15) is 0 Å². The summed E-state index contributed by atoms with van der Waals surface area (Å²) in [7, 11) is 2.10. The molecule has 0 spiro atoms. The van der Waals surface area contributed by atoms with Crippen molar-refractivity contribution in [1.82, 2.24) is 9.88 Å². The third kappa shape index (κ3) is 2.84. The second-order valence-corrected chi connectivity index (χ2v) is 6.70. The van der Waals surface area contributed by atoms with Crippen molar-refractivity contribution in [2.45, 2.75) is 19.4 Å². The summed E-state index contributed by atoms with van der Waals surface area (Å²) >= 11 is 0. The molecule has 6 heteroatoms. The van der Waals surface area contributed by atoms with E-state index in [2.05, 4.69) is 29.8 Å². The molecule has 3 heterocycles. The minimum absolute atomic E-state index is 0.0248. The zero-order valence-corrected chi connectivity index (χ0v) is 14.4. The Labute approximate surface area is 145 Å². The van der Waals surface area contributed by atoms with Crippen LogP contribution in [0.25, 0.3) is 23.2 Å². The van der Waals surface area contributed by atoms with E-state index in [4.69, 9.17) is 9.72 Å². The van der Waals surface area contributed by atoms with Crippen LogP contribution in [-0.2, 0) is 4.74 Å². The zero-order valence-electron chi connectivity index (χ0n) is 14.4. The molecule has 1 fully saturated rings. The Bertz CT molecular complexity index is 936. The van der Waals surface area contributed by atoms with Crippen molar-refractivity contribution in [3.63, 3.8) is 0 Å². The Balaban J connectivity index is 1.97. The van der Waals surface area contributed by atoms with Gasteiger partial charge >= 0.3 is 0 Å². The third-order valence-corrected chi connectivity index (χ3v) is 5.00. The van der Waals surface area contributed by atoms with Crippen LogP contribution in [0.5, 0.6) is 0 Å². The van der Waals surface area contributed by atoms with E-state index in [-0.39, 0.29) is 6.10 Å². The zero-order chi connectivity index (χ0) is 17.6. The third-order valence-electron chi connectivity index (χ3n) is 5.00. The molecule has 2 aliphatic rings. The van der Waals surface area contributed by atoms with Crippen molar-refractivity contribution in [1.29, 1.82) is 0 Å². The van der Waals surface area contributed by atoms with Crippen LogP contribution in [0.3, 0.4) is 0 Å². The van der Waals surface area contributed by atoms with Crippen LogP contribution in [0.15, 0.2) is 12.1 Å². The lowest BCUT2D eigenvalue weighted by atomic mass is 10.1. The highest BCUT2D eigenvalue weighted by atomic mass is 19.2. The van der Waals surface area contributed by atoms with E-state index in [1.54, 1.807) is 6.26 Å². The van der Waals surface area contributed by atoms with Gasteiger partial charge in [-0.3, -0.25) is 0 Å². The number of nitrogens with zero attached hydrogens (tertiary/aromatic N) is 3.